The largest absolute Gasteiger partial charge is 0.368 e. The van der Waals surface area contributed by atoms with Gasteiger partial charge in [-0.05, 0) is 35.4 Å². The van der Waals surface area contributed by atoms with E-state index in [1.807, 2.05) is 24.3 Å². The molecule has 1 aliphatic heterocycles. The maximum atomic E-state index is 13.3. The van der Waals surface area contributed by atoms with Gasteiger partial charge in [0.15, 0.2) is 0 Å². The van der Waals surface area contributed by atoms with Gasteiger partial charge in [-0.3, -0.25) is 9.59 Å². The summed E-state index contributed by atoms with van der Waals surface area (Å²) < 4.78 is 1.64. The number of carbonyl (C=O) groups is 2. The molecular formula is C20H17ClN4O2. The second-order valence-electron chi connectivity index (χ2n) is 6.44. The van der Waals surface area contributed by atoms with E-state index in [0.717, 1.165) is 11.1 Å². The Morgan fingerprint density at radius 2 is 1.89 bits per heavy atom. The molecule has 1 aromatic heterocycles. The Labute approximate surface area is 161 Å². The molecule has 0 bridgehead atoms. The van der Waals surface area contributed by atoms with Gasteiger partial charge in [-0.15, -0.1) is 0 Å². The Morgan fingerprint density at radius 3 is 2.59 bits per heavy atom. The fourth-order valence-electron chi connectivity index (χ4n) is 3.39. The first-order valence-electron chi connectivity index (χ1n) is 8.51. The summed E-state index contributed by atoms with van der Waals surface area (Å²) in [6, 6.07) is 13.9. The summed E-state index contributed by atoms with van der Waals surface area (Å²) in [5.41, 5.74) is 8.65. The minimum absolute atomic E-state index is 0.310. The highest BCUT2D eigenvalue weighted by Crippen LogP contribution is 2.28. The van der Waals surface area contributed by atoms with Crippen LogP contribution < -0.4 is 5.73 Å². The third kappa shape index (κ3) is 3.19. The van der Waals surface area contributed by atoms with E-state index in [2.05, 4.69) is 5.10 Å². The van der Waals surface area contributed by atoms with Crippen LogP contribution >= 0.6 is 11.6 Å². The maximum Gasteiger partial charge on any atom is 0.256 e. The van der Waals surface area contributed by atoms with Crippen LogP contribution in [-0.4, -0.2) is 32.5 Å². The molecule has 2 heterocycles. The SMILES string of the molecule is NC(=O)[C@H]1Cc2ccccc2CN1C(=O)c1cc(-n2cccn2)ccc1Cl. The Kier molecular flexibility index (Phi) is 4.41. The standard InChI is InChI=1S/C20H17ClN4O2/c21-17-7-6-15(25-9-3-8-23-25)11-16(17)20(27)24-12-14-5-2-1-4-13(14)10-18(24)19(22)26/h1-9,11,18H,10,12H2,(H2,22,26)/t18-/m1/s1. The minimum atomic E-state index is -0.711. The van der Waals surface area contributed by atoms with Crippen molar-refractivity contribution in [1.29, 1.82) is 0 Å². The number of hydrogen-bond acceptors (Lipinski definition) is 3. The first-order valence-corrected chi connectivity index (χ1v) is 8.89. The molecule has 0 spiro atoms. The van der Waals surface area contributed by atoms with E-state index in [1.165, 1.54) is 4.90 Å². The Hall–Kier alpha value is -3.12. The quantitative estimate of drug-likeness (QED) is 0.758. The molecular weight excluding hydrogens is 364 g/mol. The van der Waals surface area contributed by atoms with Crippen molar-refractivity contribution in [3.05, 3.63) is 82.6 Å². The van der Waals surface area contributed by atoms with Crippen LogP contribution in [0.5, 0.6) is 0 Å². The molecule has 0 radical (unpaired) electrons. The Morgan fingerprint density at radius 1 is 1.11 bits per heavy atom. The van der Waals surface area contributed by atoms with Crippen molar-refractivity contribution in [3.8, 4) is 5.69 Å². The van der Waals surface area contributed by atoms with Gasteiger partial charge in [-0.2, -0.15) is 5.10 Å². The van der Waals surface area contributed by atoms with Gasteiger partial charge >= 0.3 is 0 Å². The first kappa shape index (κ1) is 17.3. The highest BCUT2D eigenvalue weighted by Gasteiger charge is 2.34. The average Bonchev–Trinajstić information content (AvgIpc) is 3.21. The third-order valence-electron chi connectivity index (χ3n) is 4.79. The van der Waals surface area contributed by atoms with Crippen molar-refractivity contribution in [2.75, 3.05) is 0 Å². The smallest absolute Gasteiger partial charge is 0.256 e. The molecule has 0 unspecified atom stereocenters. The van der Waals surface area contributed by atoms with Crippen molar-refractivity contribution in [2.24, 2.45) is 5.73 Å². The van der Waals surface area contributed by atoms with Crippen LogP contribution in [-0.2, 0) is 17.8 Å². The number of hydrogen-bond donors (Lipinski definition) is 1. The van der Waals surface area contributed by atoms with E-state index >= 15 is 0 Å². The number of primary amides is 1. The number of aromatic nitrogens is 2. The molecule has 2 N–H and O–H groups in total. The molecule has 0 saturated carbocycles. The van der Waals surface area contributed by atoms with Crippen molar-refractivity contribution in [1.82, 2.24) is 14.7 Å². The summed E-state index contributed by atoms with van der Waals surface area (Å²) in [5.74, 6) is -0.857. The Bertz CT molecular complexity index is 1020. The van der Waals surface area contributed by atoms with E-state index in [9.17, 15) is 9.59 Å². The molecule has 7 heteroatoms. The fourth-order valence-corrected chi connectivity index (χ4v) is 3.58. The highest BCUT2D eigenvalue weighted by molar-refractivity contribution is 6.34. The predicted octanol–water partition coefficient (Wildman–Crippen LogP) is 2.58. The second-order valence-corrected chi connectivity index (χ2v) is 6.85. The summed E-state index contributed by atoms with van der Waals surface area (Å²) in [4.78, 5) is 26.8. The molecule has 2 amide bonds. The summed E-state index contributed by atoms with van der Waals surface area (Å²) in [6.07, 6.45) is 3.83. The number of halogens is 1. The van der Waals surface area contributed by atoms with Crippen LogP contribution in [0.15, 0.2) is 60.9 Å². The monoisotopic (exact) mass is 380 g/mol. The molecule has 2 aromatic carbocycles. The van der Waals surface area contributed by atoms with E-state index in [0.29, 0.717) is 29.2 Å². The van der Waals surface area contributed by atoms with Crippen molar-refractivity contribution in [2.45, 2.75) is 19.0 Å². The minimum Gasteiger partial charge on any atom is -0.368 e. The summed E-state index contributed by atoms with van der Waals surface area (Å²) in [6.45, 7) is 0.310. The summed E-state index contributed by atoms with van der Waals surface area (Å²) >= 11 is 6.31. The number of benzene rings is 2. The van der Waals surface area contributed by atoms with Gasteiger partial charge in [0.2, 0.25) is 5.91 Å². The topological polar surface area (TPSA) is 81.2 Å². The van der Waals surface area contributed by atoms with Crippen LogP contribution in [0.3, 0.4) is 0 Å². The van der Waals surface area contributed by atoms with Gasteiger partial charge in [0.05, 0.1) is 16.3 Å². The fraction of sp³-hybridized carbons (Fsp3) is 0.150. The van der Waals surface area contributed by atoms with Crippen molar-refractivity contribution < 1.29 is 9.59 Å². The summed E-state index contributed by atoms with van der Waals surface area (Å²) in [5, 5.41) is 4.49. The highest BCUT2D eigenvalue weighted by atomic mass is 35.5. The van der Waals surface area contributed by atoms with Gasteiger partial charge in [0.25, 0.3) is 5.91 Å². The molecule has 136 valence electrons. The number of amides is 2. The zero-order chi connectivity index (χ0) is 19.0. The maximum absolute atomic E-state index is 13.3. The number of carbonyl (C=O) groups excluding carboxylic acids is 2. The zero-order valence-corrected chi connectivity index (χ0v) is 15.1. The van der Waals surface area contributed by atoms with Gasteiger partial charge in [-0.25, -0.2) is 4.68 Å². The van der Waals surface area contributed by atoms with Crippen LogP contribution in [0, 0.1) is 0 Å². The normalized spacial score (nSPS) is 16.0. The molecule has 6 nitrogen and oxygen atoms in total. The number of nitrogens with two attached hydrogens (primary N) is 1. The van der Waals surface area contributed by atoms with E-state index in [4.69, 9.17) is 17.3 Å². The lowest BCUT2D eigenvalue weighted by molar-refractivity contribution is -0.122. The lowest BCUT2D eigenvalue weighted by Crippen LogP contribution is -2.51. The van der Waals surface area contributed by atoms with Crippen LogP contribution in [0.1, 0.15) is 21.5 Å². The van der Waals surface area contributed by atoms with Crippen molar-refractivity contribution in [3.63, 3.8) is 0 Å². The van der Waals surface area contributed by atoms with E-state index in [-0.39, 0.29) is 5.91 Å². The van der Waals surface area contributed by atoms with E-state index < -0.39 is 11.9 Å². The lowest BCUT2D eigenvalue weighted by atomic mass is 9.93. The van der Waals surface area contributed by atoms with Gasteiger partial charge in [0.1, 0.15) is 6.04 Å². The Balaban J connectivity index is 1.73. The van der Waals surface area contributed by atoms with Crippen LogP contribution in [0.4, 0.5) is 0 Å². The number of fused-ring (bicyclic) bond motifs is 1. The average molecular weight is 381 g/mol. The molecule has 0 saturated heterocycles. The predicted molar refractivity (Wildman–Crippen MR) is 102 cm³/mol. The molecule has 1 aliphatic rings. The molecule has 0 fully saturated rings. The van der Waals surface area contributed by atoms with Gasteiger partial charge in [-0.1, -0.05) is 35.9 Å². The van der Waals surface area contributed by atoms with Crippen molar-refractivity contribution >= 4 is 23.4 Å². The second kappa shape index (κ2) is 6.89. The molecule has 3 aromatic rings. The lowest BCUT2D eigenvalue weighted by Gasteiger charge is -2.35. The zero-order valence-electron chi connectivity index (χ0n) is 14.4. The molecule has 1 atom stereocenters. The van der Waals surface area contributed by atoms with Gasteiger partial charge < -0.3 is 10.6 Å². The molecule has 4 rings (SSSR count). The number of rotatable bonds is 3. The van der Waals surface area contributed by atoms with Gasteiger partial charge in [0, 0.05) is 25.4 Å². The summed E-state index contributed by atoms with van der Waals surface area (Å²) in [7, 11) is 0. The molecule has 0 aliphatic carbocycles. The van der Waals surface area contributed by atoms with Crippen LogP contribution in [0.2, 0.25) is 5.02 Å². The number of nitrogens with zero attached hydrogens (tertiary/aromatic N) is 3. The first-order chi connectivity index (χ1) is 13.0. The third-order valence-corrected chi connectivity index (χ3v) is 5.12. The van der Waals surface area contributed by atoms with Crippen LogP contribution in [0.25, 0.3) is 5.69 Å². The molecule has 27 heavy (non-hydrogen) atoms. The van der Waals surface area contributed by atoms with E-state index in [1.54, 1.807) is 41.3 Å².